The molecule has 0 N–H and O–H groups in total. The van der Waals surface area contributed by atoms with E-state index in [1.807, 2.05) is 51.5 Å². The molecule has 5 rings (SSSR count). The third-order valence-corrected chi connectivity index (χ3v) is 8.86. The zero-order chi connectivity index (χ0) is 25.6. The smallest absolute Gasteiger partial charge is 0.230 e. The van der Waals surface area contributed by atoms with Crippen molar-refractivity contribution >= 4 is 23.2 Å². The van der Waals surface area contributed by atoms with Gasteiger partial charge in [0.05, 0.1) is 12.0 Å². The molecule has 1 saturated heterocycles. The molecule has 5 nitrogen and oxygen atoms in total. The Morgan fingerprint density at radius 3 is 2.35 bits per heavy atom. The zero-order valence-electron chi connectivity index (χ0n) is 21.7. The first-order chi connectivity index (χ1) is 18.2. The minimum Gasteiger partial charge on any atom is -0.341 e. The van der Waals surface area contributed by atoms with Crippen molar-refractivity contribution in [2.45, 2.75) is 44.6 Å². The second-order valence-electron chi connectivity index (χ2n) is 10.1. The van der Waals surface area contributed by atoms with Gasteiger partial charge in [0, 0.05) is 50.6 Å². The molecule has 2 unspecified atom stereocenters. The number of rotatable bonds is 7. The quantitative estimate of drug-likeness (QED) is 0.427. The topological polar surface area (TPSA) is 43.9 Å². The molecule has 0 bridgehead atoms. The summed E-state index contributed by atoms with van der Waals surface area (Å²) in [5.41, 5.74) is 3.76. The Bertz CT molecular complexity index is 1180. The number of nitrogens with zero attached hydrogens (tertiary/aromatic N) is 3. The minimum absolute atomic E-state index is 0.112. The van der Waals surface area contributed by atoms with Crippen molar-refractivity contribution in [3.05, 3.63) is 93.7 Å². The van der Waals surface area contributed by atoms with E-state index in [4.69, 9.17) is 0 Å². The normalized spacial score (nSPS) is 19.2. The van der Waals surface area contributed by atoms with Crippen LogP contribution in [0.3, 0.4) is 0 Å². The summed E-state index contributed by atoms with van der Waals surface area (Å²) in [5.74, 6) is 0.278. The van der Waals surface area contributed by atoms with Crippen molar-refractivity contribution in [2.75, 3.05) is 39.3 Å². The van der Waals surface area contributed by atoms with E-state index in [0.29, 0.717) is 19.5 Å². The Labute approximate surface area is 224 Å². The van der Waals surface area contributed by atoms with Crippen LogP contribution >= 0.6 is 11.3 Å². The first kappa shape index (κ1) is 25.7. The summed E-state index contributed by atoms with van der Waals surface area (Å²) < 4.78 is 0. The van der Waals surface area contributed by atoms with E-state index < -0.39 is 0 Å². The molecule has 1 fully saturated rings. The average Bonchev–Trinajstić information content (AvgIpc) is 3.28. The summed E-state index contributed by atoms with van der Waals surface area (Å²) in [6.07, 6.45) is 3.17. The summed E-state index contributed by atoms with van der Waals surface area (Å²) in [6.45, 7) is 6.47. The van der Waals surface area contributed by atoms with Crippen molar-refractivity contribution in [3.63, 3.8) is 0 Å². The van der Waals surface area contributed by atoms with Crippen molar-refractivity contribution in [1.82, 2.24) is 14.7 Å². The lowest BCUT2D eigenvalue weighted by Crippen LogP contribution is -2.41. The van der Waals surface area contributed by atoms with Crippen LogP contribution in [0.2, 0.25) is 0 Å². The number of hydrogen-bond donors (Lipinski definition) is 0. The molecule has 3 heterocycles. The molecule has 2 aliphatic heterocycles. The highest BCUT2D eigenvalue weighted by Crippen LogP contribution is 2.37. The fourth-order valence-corrected chi connectivity index (χ4v) is 6.78. The van der Waals surface area contributed by atoms with Gasteiger partial charge < -0.3 is 9.80 Å². The van der Waals surface area contributed by atoms with Crippen LogP contribution < -0.4 is 0 Å². The summed E-state index contributed by atoms with van der Waals surface area (Å²) >= 11 is 1.85. The van der Waals surface area contributed by atoms with Crippen molar-refractivity contribution in [2.24, 2.45) is 0 Å². The minimum atomic E-state index is -0.112. The van der Waals surface area contributed by atoms with Gasteiger partial charge in [-0.2, -0.15) is 0 Å². The maximum atomic E-state index is 13.4. The zero-order valence-corrected chi connectivity index (χ0v) is 22.5. The van der Waals surface area contributed by atoms with Gasteiger partial charge in [0.25, 0.3) is 0 Å². The van der Waals surface area contributed by atoms with E-state index >= 15 is 0 Å². The molecule has 194 valence electrons. The van der Waals surface area contributed by atoms with Gasteiger partial charge in [-0.05, 0) is 47.4 Å². The predicted octanol–water partition coefficient (Wildman–Crippen LogP) is 5.34. The number of carbonyl (C=O) groups excluding carboxylic acids is 2. The van der Waals surface area contributed by atoms with Gasteiger partial charge in [-0.3, -0.25) is 14.5 Å². The molecule has 0 aliphatic carbocycles. The van der Waals surface area contributed by atoms with E-state index in [2.05, 4.69) is 53.6 Å². The molecule has 2 atom stereocenters. The number of fused-ring (bicyclic) bond motifs is 1. The van der Waals surface area contributed by atoms with Crippen molar-refractivity contribution in [3.8, 4) is 0 Å². The first-order valence-electron chi connectivity index (χ1n) is 13.6. The molecule has 6 heteroatoms. The molecule has 0 saturated carbocycles. The van der Waals surface area contributed by atoms with Crippen molar-refractivity contribution in [1.29, 1.82) is 0 Å². The third-order valence-electron chi connectivity index (χ3n) is 7.86. The first-order valence-corrected chi connectivity index (χ1v) is 14.5. The molecule has 2 aromatic carbocycles. The second kappa shape index (κ2) is 12.1. The van der Waals surface area contributed by atoms with E-state index in [0.717, 1.165) is 51.0 Å². The largest absolute Gasteiger partial charge is 0.341 e. The van der Waals surface area contributed by atoms with E-state index in [1.165, 1.54) is 16.0 Å². The highest BCUT2D eigenvalue weighted by atomic mass is 32.1. The summed E-state index contributed by atoms with van der Waals surface area (Å²) in [6, 6.07) is 23.2. The number of carbonyl (C=O) groups is 2. The van der Waals surface area contributed by atoms with Crippen LogP contribution in [0.15, 0.2) is 72.1 Å². The van der Waals surface area contributed by atoms with Gasteiger partial charge in [-0.1, -0.05) is 67.6 Å². The van der Waals surface area contributed by atoms with Gasteiger partial charge in [-0.25, -0.2) is 0 Å². The average molecular weight is 516 g/mol. The molecular formula is C31H37N3O2S. The van der Waals surface area contributed by atoms with Gasteiger partial charge in [-0.15, -0.1) is 11.3 Å². The van der Waals surface area contributed by atoms with Crippen LogP contribution in [0.4, 0.5) is 0 Å². The lowest BCUT2D eigenvalue weighted by Gasteiger charge is -2.36. The second-order valence-corrected chi connectivity index (χ2v) is 11.1. The summed E-state index contributed by atoms with van der Waals surface area (Å²) in [4.78, 5) is 34.6. The Morgan fingerprint density at radius 1 is 0.892 bits per heavy atom. The summed E-state index contributed by atoms with van der Waals surface area (Å²) in [7, 11) is 0. The van der Waals surface area contributed by atoms with Crippen LogP contribution in [0, 0.1) is 0 Å². The summed E-state index contributed by atoms with van der Waals surface area (Å²) in [5, 5.41) is 2.19. The Morgan fingerprint density at radius 2 is 1.59 bits per heavy atom. The molecule has 37 heavy (non-hydrogen) atoms. The van der Waals surface area contributed by atoms with Crippen molar-refractivity contribution < 1.29 is 9.59 Å². The molecule has 0 spiro atoms. The Kier molecular flexibility index (Phi) is 8.37. The maximum Gasteiger partial charge on any atom is 0.230 e. The lowest BCUT2D eigenvalue weighted by atomic mass is 9.93. The highest BCUT2D eigenvalue weighted by molar-refractivity contribution is 7.10. The maximum absolute atomic E-state index is 13.4. The van der Waals surface area contributed by atoms with Gasteiger partial charge >= 0.3 is 0 Å². The van der Waals surface area contributed by atoms with Gasteiger partial charge in [0.15, 0.2) is 0 Å². The molecular weight excluding hydrogens is 478 g/mol. The van der Waals surface area contributed by atoms with Crippen LogP contribution in [-0.2, 0) is 16.0 Å². The van der Waals surface area contributed by atoms with Crippen LogP contribution in [0.1, 0.15) is 59.7 Å². The van der Waals surface area contributed by atoms with Crippen LogP contribution in [-0.4, -0.2) is 65.8 Å². The monoisotopic (exact) mass is 515 g/mol. The number of benzene rings is 2. The van der Waals surface area contributed by atoms with Crippen LogP contribution in [0.5, 0.6) is 0 Å². The fourth-order valence-electron chi connectivity index (χ4n) is 5.88. The highest BCUT2D eigenvalue weighted by Gasteiger charge is 2.31. The SMILES string of the molecule is CCC(C(=O)N1CCCN(C(=O)CCN2CCc3sccc3C2c2ccccc2)CC1)c1ccccc1. The molecule has 2 amide bonds. The van der Waals surface area contributed by atoms with Gasteiger partial charge in [0.1, 0.15) is 0 Å². The predicted molar refractivity (Wildman–Crippen MR) is 150 cm³/mol. The standard InChI is InChI=1S/C31H37N3O2S/c1-2-26(24-10-5-3-6-11-24)31(36)34-18-9-17-32(21-22-34)29(35)15-20-33-19-14-28-27(16-23-37-28)30(33)25-12-7-4-8-13-25/h3-8,10-13,16,23,26,30H,2,9,14-15,17-22H2,1H3. The van der Waals surface area contributed by atoms with Crippen LogP contribution in [0.25, 0.3) is 0 Å². The van der Waals surface area contributed by atoms with E-state index in [9.17, 15) is 9.59 Å². The third kappa shape index (κ3) is 5.81. The van der Waals surface area contributed by atoms with E-state index in [-0.39, 0.29) is 23.8 Å². The Hall–Kier alpha value is -2.96. The fraction of sp³-hybridized carbons (Fsp3) is 0.419. The number of hydrogen-bond acceptors (Lipinski definition) is 4. The molecule has 0 radical (unpaired) electrons. The molecule has 3 aromatic rings. The lowest BCUT2D eigenvalue weighted by molar-refractivity contribution is -0.134. The number of thiophene rings is 1. The number of amides is 2. The van der Waals surface area contributed by atoms with E-state index in [1.54, 1.807) is 0 Å². The molecule has 1 aromatic heterocycles. The van der Waals surface area contributed by atoms with Gasteiger partial charge in [0.2, 0.25) is 11.8 Å². The molecule has 2 aliphatic rings. The Balaban J connectivity index is 1.19.